The van der Waals surface area contributed by atoms with Crippen molar-refractivity contribution in [2.24, 2.45) is 0 Å². The fraction of sp³-hybridized carbons (Fsp3) is 0.571. The van der Waals surface area contributed by atoms with Crippen molar-refractivity contribution in [3.8, 4) is 5.75 Å². The maximum atomic E-state index is 5.89. The summed E-state index contributed by atoms with van der Waals surface area (Å²) < 4.78 is 12.0. The molecule has 0 aromatic heterocycles. The van der Waals surface area contributed by atoms with Crippen LogP contribution in [0, 0.1) is 0 Å². The molecule has 0 heterocycles. The average molecular weight is 316 g/mol. The van der Waals surface area contributed by atoms with E-state index in [0.29, 0.717) is 12.6 Å². The molecule has 18 heavy (non-hydrogen) atoms. The molecule has 0 aliphatic rings. The lowest BCUT2D eigenvalue weighted by Crippen LogP contribution is -2.23. The van der Waals surface area contributed by atoms with E-state index in [1.54, 1.807) is 7.11 Å². The van der Waals surface area contributed by atoms with Crippen molar-refractivity contribution in [1.82, 2.24) is 5.32 Å². The predicted octanol–water partition coefficient (Wildman–Crippen LogP) is 3.36. The molecule has 3 nitrogen and oxygen atoms in total. The fourth-order valence-electron chi connectivity index (χ4n) is 1.60. The van der Waals surface area contributed by atoms with E-state index in [4.69, 9.17) is 9.47 Å². The van der Waals surface area contributed by atoms with Crippen LogP contribution in [-0.2, 0) is 11.3 Å². The van der Waals surface area contributed by atoms with Gasteiger partial charge in [0.2, 0.25) is 0 Å². The first-order valence-electron chi connectivity index (χ1n) is 6.20. The normalized spacial score (nSPS) is 12.8. The molecule has 1 aromatic rings. The molecule has 1 unspecified atom stereocenters. The number of hydrogen-bond acceptors (Lipinski definition) is 3. The van der Waals surface area contributed by atoms with Gasteiger partial charge in [0.1, 0.15) is 11.9 Å². The number of rotatable bonds is 7. The summed E-state index contributed by atoms with van der Waals surface area (Å²) in [6.07, 6.45) is 0.0500. The third-order valence-electron chi connectivity index (χ3n) is 2.45. The van der Waals surface area contributed by atoms with Gasteiger partial charge in [0.25, 0.3) is 0 Å². The second-order valence-corrected chi connectivity index (χ2v) is 5.59. The zero-order valence-corrected chi connectivity index (χ0v) is 13.1. The number of ether oxygens (including phenoxy) is 2. The number of halogens is 1. The number of hydrogen-bond donors (Lipinski definition) is 1. The van der Waals surface area contributed by atoms with Gasteiger partial charge in [0.05, 0.1) is 6.61 Å². The Kier molecular flexibility index (Phi) is 6.68. The lowest BCUT2D eigenvalue weighted by molar-refractivity contribution is 0.0913. The van der Waals surface area contributed by atoms with Gasteiger partial charge in [-0.3, -0.25) is 0 Å². The molecule has 0 aliphatic heterocycles. The van der Waals surface area contributed by atoms with Crippen molar-refractivity contribution >= 4 is 15.9 Å². The van der Waals surface area contributed by atoms with Crippen molar-refractivity contribution in [2.45, 2.75) is 39.5 Å². The highest BCUT2D eigenvalue weighted by molar-refractivity contribution is 9.10. The number of nitrogens with one attached hydrogen (secondary N) is 1. The molecule has 0 fully saturated rings. The summed E-state index contributed by atoms with van der Waals surface area (Å²) in [6.45, 7) is 7.66. The van der Waals surface area contributed by atoms with Gasteiger partial charge in [-0.25, -0.2) is 0 Å². The van der Waals surface area contributed by atoms with E-state index in [-0.39, 0.29) is 6.10 Å². The summed E-state index contributed by atoms with van der Waals surface area (Å²) >= 11 is 3.49. The summed E-state index contributed by atoms with van der Waals surface area (Å²) in [5.41, 5.74) is 1.15. The molecule has 1 aromatic carbocycles. The van der Waals surface area contributed by atoms with Crippen molar-refractivity contribution in [3.63, 3.8) is 0 Å². The Morgan fingerprint density at radius 3 is 2.61 bits per heavy atom. The number of methoxy groups -OCH3 is 1. The van der Waals surface area contributed by atoms with Crippen molar-refractivity contribution in [1.29, 1.82) is 0 Å². The lowest BCUT2D eigenvalue weighted by atomic mass is 10.2. The second kappa shape index (κ2) is 7.77. The minimum atomic E-state index is 0.0500. The number of benzene rings is 1. The van der Waals surface area contributed by atoms with E-state index in [1.165, 1.54) is 0 Å². The molecule has 0 radical (unpaired) electrons. The van der Waals surface area contributed by atoms with Crippen LogP contribution in [0.4, 0.5) is 0 Å². The first kappa shape index (κ1) is 15.5. The van der Waals surface area contributed by atoms with E-state index in [2.05, 4.69) is 41.2 Å². The van der Waals surface area contributed by atoms with E-state index in [0.717, 1.165) is 22.3 Å². The van der Waals surface area contributed by atoms with Gasteiger partial charge in [0, 0.05) is 29.7 Å². The molecular formula is C14H22BrNO2. The van der Waals surface area contributed by atoms with Crippen LogP contribution in [0.15, 0.2) is 22.7 Å². The van der Waals surface area contributed by atoms with Crippen LogP contribution in [0.1, 0.15) is 26.3 Å². The third kappa shape index (κ3) is 5.38. The zero-order valence-electron chi connectivity index (χ0n) is 11.5. The summed E-state index contributed by atoms with van der Waals surface area (Å²) in [7, 11) is 1.68. The van der Waals surface area contributed by atoms with E-state index in [9.17, 15) is 0 Å². The Hall–Kier alpha value is -0.580. The molecule has 0 aliphatic carbocycles. The lowest BCUT2D eigenvalue weighted by Gasteiger charge is -2.18. The topological polar surface area (TPSA) is 30.5 Å². The standard InChI is InChI=1S/C14H22BrNO2/c1-10(2)16-8-12-7-13(15)5-6-14(12)18-11(3)9-17-4/h5-7,10-11,16H,8-9H2,1-4H3. The van der Waals surface area contributed by atoms with Gasteiger partial charge in [-0.1, -0.05) is 29.8 Å². The molecule has 102 valence electrons. The molecule has 1 atom stereocenters. The average Bonchev–Trinajstić information content (AvgIpc) is 2.29. The Morgan fingerprint density at radius 2 is 2.00 bits per heavy atom. The van der Waals surface area contributed by atoms with Crippen LogP contribution < -0.4 is 10.1 Å². The fourth-order valence-corrected chi connectivity index (χ4v) is 2.01. The van der Waals surface area contributed by atoms with Gasteiger partial charge in [-0.15, -0.1) is 0 Å². The highest BCUT2D eigenvalue weighted by Crippen LogP contribution is 2.24. The van der Waals surface area contributed by atoms with Gasteiger partial charge < -0.3 is 14.8 Å². The smallest absolute Gasteiger partial charge is 0.124 e. The maximum absolute atomic E-state index is 5.89. The van der Waals surface area contributed by atoms with Gasteiger partial charge in [-0.2, -0.15) is 0 Å². The Labute approximate surface area is 118 Å². The minimum Gasteiger partial charge on any atom is -0.488 e. The van der Waals surface area contributed by atoms with Crippen LogP contribution in [0.25, 0.3) is 0 Å². The van der Waals surface area contributed by atoms with Gasteiger partial charge in [0.15, 0.2) is 0 Å². The summed E-state index contributed by atoms with van der Waals surface area (Å²) in [5.74, 6) is 0.913. The van der Waals surface area contributed by atoms with Crippen LogP contribution >= 0.6 is 15.9 Å². The summed E-state index contributed by atoms with van der Waals surface area (Å²) in [5, 5.41) is 3.40. The Bertz CT molecular complexity index is 369. The van der Waals surface area contributed by atoms with Crippen LogP contribution in [0.3, 0.4) is 0 Å². The van der Waals surface area contributed by atoms with Crippen molar-refractivity contribution in [2.75, 3.05) is 13.7 Å². The van der Waals surface area contributed by atoms with Gasteiger partial charge >= 0.3 is 0 Å². The minimum absolute atomic E-state index is 0.0500. The van der Waals surface area contributed by atoms with Crippen LogP contribution in [-0.4, -0.2) is 25.9 Å². The molecule has 0 bridgehead atoms. The van der Waals surface area contributed by atoms with Gasteiger partial charge in [-0.05, 0) is 25.1 Å². The molecule has 1 rings (SSSR count). The summed E-state index contributed by atoms with van der Waals surface area (Å²) in [6, 6.07) is 6.53. The van der Waals surface area contributed by atoms with Crippen molar-refractivity contribution in [3.05, 3.63) is 28.2 Å². The highest BCUT2D eigenvalue weighted by Gasteiger charge is 2.09. The predicted molar refractivity (Wildman–Crippen MR) is 78.1 cm³/mol. The Balaban J connectivity index is 2.75. The molecule has 1 N–H and O–H groups in total. The second-order valence-electron chi connectivity index (χ2n) is 4.67. The van der Waals surface area contributed by atoms with Crippen LogP contribution in [0.2, 0.25) is 0 Å². The molecule has 0 amide bonds. The van der Waals surface area contributed by atoms with Crippen LogP contribution in [0.5, 0.6) is 5.75 Å². The monoisotopic (exact) mass is 315 g/mol. The SMILES string of the molecule is COCC(C)Oc1ccc(Br)cc1CNC(C)C. The summed E-state index contributed by atoms with van der Waals surface area (Å²) in [4.78, 5) is 0. The molecular weight excluding hydrogens is 294 g/mol. The molecule has 4 heteroatoms. The maximum Gasteiger partial charge on any atom is 0.124 e. The van der Waals surface area contributed by atoms with E-state index >= 15 is 0 Å². The molecule has 0 spiro atoms. The van der Waals surface area contributed by atoms with E-state index < -0.39 is 0 Å². The van der Waals surface area contributed by atoms with E-state index in [1.807, 2.05) is 19.1 Å². The Morgan fingerprint density at radius 1 is 1.28 bits per heavy atom. The highest BCUT2D eigenvalue weighted by atomic mass is 79.9. The molecule has 0 saturated carbocycles. The first-order valence-corrected chi connectivity index (χ1v) is 6.99. The quantitative estimate of drug-likeness (QED) is 0.837. The zero-order chi connectivity index (χ0) is 13.5. The molecule has 0 saturated heterocycles. The van der Waals surface area contributed by atoms with Crippen molar-refractivity contribution < 1.29 is 9.47 Å². The first-order chi connectivity index (χ1) is 8.52. The largest absolute Gasteiger partial charge is 0.488 e. The third-order valence-corrected chi connectivity index (χ3v) is 2.95.